The maximum absolute atomic E-state index is 13.1. The van der Waals surface area contributed by atoms with Crippen LogP contribution >= 0.6 is 0 Å². The minimum absolute atomic E-state index is 0.288. The number of ether oxygens (including phenoxy) is 7. The van der Waals surface area contributed by atoms with E-state index in [1.807, 2.05) is 135 Å². The SMILES string of the molecule is CCCOc1c2cccc1Cc1cccc(c1OCC(=O)OC(C)(C)C)Cc1cccc(c1OCC(=O)OC(C)(C)C)Cc1cccc(c1OCC(=O)OC(C)(C)C)C2. The normalized spacial score (nSPS) is 12.8. The van der Waals surface area contributed by atoms with Gasteiger partial charge < -0.3 is 33.2 Å². The lowest BCUT2D eigenvalue weighted by atomic mass is 9.91. The van der Waals surface area contributed by atoms with Gasteiger partial charge in [-0.1, -0.05) is 79.7 Å². The summed E-state index contributed by atoms with van der Waals surface area (Å²) in [5, 5.41) is 0. The van der Waals surface area contributed by atoms with Crippen LogP contribution < -0.4 is 18.9 Å². The van der Waals surface area contributed by atoms with Crippen LogP contribution in [0.3, 0.4) is 0 Å². The minimum Gasteiger partial charge on any atom is -0.493 e. The number of benzene rings is 4. The van der Waals surface area contributed by atoms with Crippen LogP contribution in [0.1, 0.15) is 120 Å². The third-order valence-corrected chi connectivity index (χ3v) is 8.95. The summed E-state index contributed by atoms with van der Waals surface area (Å²) in [5.41, 5.74) is 4.74. The van der Waals surface area contributed by atoms with Crippen LogP contribution in [0.2, 0.25) is 0 Å². The van der Waals surface area contributed by atoms with Crippen molar-refractivity contribution in [3.05, 3.63) is 117 Å². The summed E-state index contributed by atoms with van der Waals surface area (Å²) >= 11 is 0. The Morgan fingerprint density at radius 2 is 0.627 bits per heavy atom. The largest absolute Gasteiger partial charge is 0.493 e. The van der Waals surface area contributed by atoms with E-state index in [1.54, 1.807) is 0 Å². The third-order valence-electron chi connectivity index (χ3n) is 8.95. The Bertz CT molecular complexity index is 1990. The molecule has 0 N–H and O–H groups in total. The van der Waals surface area contributed by atoms with E-state index >= 15 is 0 Å². The molecule has 0 heterocycles. The first-order valence-electron chi connectivity index (χ1n) is 20.4. The van der Waals surface area contributed by atoms with Gasteiger partial charge in [0.15, 0.2) is 19.8 Å². The molecule has 10 heteroatoms. The van der Waals surface area contributed by atoms with Crippen LogP contribution in [0.4, 0.5) is 0 Å². The fourth-order valence-corrected chi connectivity index (χ4v) is 6.94. The van der Waals surface area contributed by atoms with Gasteiger partial charge in [-0.2, -0.15) is 0 Å². The number of hydrogen-bond acceptors (Lipinski definition) is 10. The average Bonchev–Trinajstić information content (AvgIpc) is 3.11. The molecular formula is C49H60O10. The Balaban J connectivity index is 1.70. The molecule has 0 atom stereocenters. The Kier molecular flexibility index (Phi) is 14.4. The van der Waals surface area contributed by atoms with E-state index in [2.05, 4.69) is 6.92 Å². The minimum atomic E-state index is -0.699. The quantitative estimate of drug-likeness (QED) is 0.0892. The fourth-order valence-electron chi connectivity index (χ4n) is 6.94. The maximum Gasteiger partial charge on any atom is 0.344 e. The van der Waals surface area contributed by atoms with E-state index in [0.29, 0.717) is 49.5 Å². The van der Waals surface area contributed by atoms with Crippen LogP contribution in [-0.2, 0) is 54.3 Å². The molecule has 59 heavy (non-hydrogen) atoms. The van der Waals surface area contributed by atoms with Crippen molar-refractivity contribution in [3.8, 4) is 23.0 Å². The smallest absolute Gasteiger partial charge is 0.344 e. The van der Waals surface area contributed by atoms with E-state index in [9.17, 15) is 14.4 Å². The molecule has 0 saturated heterocycles. The Morgan fingerprint density at radius 3 is 0.831 bits per heavy atom. The monoisotopic (exact) mass is 808 g/mol. The van der Waals surface area contributed by atoms with E-state index in [0.717, 1.165) is 56.7 Å². The number of esters is 3. The lowest BCUT2D eigenvalue weighted by Crippen LogP contribution is -2.28. The van der Waals surface area contributed by atoms with Crippen molar-refractivity contribution < 1.29 is 47.5 Å². The second-order valence-corrected chi connectivity index (χ2v) is 17.8. The zero-order valence-corrected chi connectivity index (χ0v) is 36.4. The van der Waals surface area contributed by atoms with Crippen molar-refractivity contribution in [3.63, 3.8) is 0 Å². The van der Waals surface area contributed by atoms with E-state index in [-0.39, 0.29) is 19.8 Å². The fraction of sp³-hybridized carbons (Fsp3) is 0.449. The van der Waals surface area contributed by atoms with Gasteiger partial charge in [-0.15, -0.1) is 0 Å². The molecule has 4 aromatic rings. The summed E-state index contributed by atoms with van der Waals surface area (Å²) in [4.78, 5) is 39.1. The standard InChI is InChI=1S/C49H60O10/c1-11-24-53-43-32-16-12-17-33(43)26-35-19-14-21-37(45(35)55-30-41(51)58-48(5,6)7)28-39-23-15-22-38(46(39)56-31-42(52)59-49(8,9)10)27-36-20-13-18-34(25-32)44(36)54-29-40(50)57-47(2,3)4/h12-23H,11,24-31H2,1-10H3. The van der Waals surface area contributed by atoms with Gasteiger partial charge in [-0.3, -0.25) is 0 Å². The highest BCUT2D eigenvalue weighted by Crippen LogP contribution is 2.39. The molecule has 0 radical (unpaired) electrons. The van der Waals surface area contributed by atoms with E-state index in [4.69, 9.17) is 33.2 Å². The summed E-state index contributed by atoms with van der Waals surface area (Å²) in [6, 6.07) is 23.9. The molecule has 0 amide bonds. The van der Waals surface area contributed by atoms with Gasteiger partial charge in [-0.05, 0) is 113 Å². The molecule has 5 rings (SSSR count). The van der Waals surface area contributed by atoms with Gasteiger partial charge in [0, 0.05) is 25.7 Å². The number of carbonyl (C=O) groups is 3. The molecule has 0 aliphatic heterocycles. The third kappa shape index (κ3) is 13.3. The van der Waals surface area contributed by atoms with Gasteiger partial charge in [0.1, 0.15) is 39.8 Å². The van der Waals surface area contributed by atoms with E-state index in [1.165, 1.54) is 0 Å². The van der Waals surface area contributed by atoms with Gasteiger partial charge in [0.2, 0.25) is 0 Å². The molecule has 1 aliphatic carbocycles. The predicted octanol–water partition coefficient (Wildman–Crippen LogP) is 9.31. The average molecular weight is 809 g/mol. The molecular weight excluding hydrogens is 749 g/mol. The van der Waals surface area contributed by atoms with Crippen LogP contribution in [0, 0.1) is 0 Å². The lowest BCUT2D eigenvalue weighted by Gasteiger charge is -2.24. The van der Waals surface area contributed by atoms with Crippen molar-refractivity contribution >= 4 is 17.9 Å². The second kappa shape index (κ2) is 19.0. The van der Waals surface area contributed by atoms with Crippen molar-refractivity contribution in [1.29, 1.82) is 0 Å². The van der Waals surface area contributed by atoms with Crippen molar-refractivity contribution in [2.45, 2.75) is 118 Å². The van der Waals surface area contributed by atoms with Gasteiger partial charge in [0.05, 0.1) is 6.61 Å². The number of carbonyl (C=O) groups excluding carboxylic acids is 3. The van der Waals surface area contributed by atoms with Crippen molar-refractivity contribution in [2.75, 3.05) is 26.4 Å². The highest BCUT2D eigenvalue weighted by Gasteiger charge is 2.25. The lowest BCUT2D eigenvalue weighted by molar-refractivity contribution is -0.158. The zero-order chi connectivity index (χ0) is 43.0. The van der Waals surface area contributed by atoms with Crippen LogP contribution in [0.25, 0.3) is 0 Å². The first-order valence-corrected chi connectivity index (χ1v) is 20.4. The number of rotatable bonds is 12. The van der Waals surface area contributed by atoms with E-state index < -0.39 is 34.7 Å². The summed E-state index contributed by atoms with van der Waals surface area (Å²) in [7, 11) is 0. The first kappa shape index (κ1) is 44.6. The second-order valence-electron chi connectivity index (χ2n) is 17.8. The first-order chi connectivity index (χ1) is 27.8. The van der Waals surface area contributed by atoms with Crippen LogP contribution in [-0.4, -0.2) is 61.1 Å². The Hall–Kier alpha value is -5.51. The highest BCUT2D eigenvalue weighted by molar-refractivity contribution is 5.73. The van der Waals surface area contributed by atoms with Crippen molar-refractivity contribution in [2.24, 2.45) is 0 Å². The molecule has 10 nitrogen and oxygen atoms in total. The van der Waals surface area contributed by atoms with Crippen LogP contribution in [0.5, 0.6) is 23.0 Å². The molecule has 316 valence electrons. The molecule has 0 fully saturated rings. The summed E-state index contributed by atoms with van der Waals surface area (Å²) in [6.45, 7) is 18.0. The van der Waals surface area contributed by atoms with Gasteiger partial charge in [-0.25, -0.2) is 14.4 Å². The zero-order valence-electron chi connectivity index (χ0n) is 36.4. The Morgan fingerprint density at radius 1 is 0.407 bits per heavy atom. The van der Waals surface area contributed by atoms with Crippen molar-refractivity contribution in [1.82, 2.24) is 0 Å². The number of para-hydroxylation sites is 4. The maximum atomic E-state index is 13.1. The molecule has 4 aromatic carbocycles. The van der Waals surface area contributed by atoms with Gasteiger partial charge >= 0.3 is 17.9 Å². The molecule has 0 spiro atoms. The summed E-state index contributed by atoms with van der Waals surface area (Å²) in [6.07, 6.45) is 2.37. The number of hydrogen-bond donors (Lipinski definition) is 0. The molecule has 0 saturated carbocycles. The molecule has 8 bridgehead atoms. The predicted molar refractivity (Wildman–Crippen MR) is 227 cm³/mol. The van der Waals surface area contributed by atoms with Gasteiger partial charge in [0.25, 0.3) is 0 Å². The highest BCUT2D eigenvalue weighted by atomic mass is 16.6. The molecule has 0 unspecified atom stereocenters. The topological polar surface area (TPSA) is 116 Å². The molecule has 1 aliphatic rings. The summed E-state index contributed by atoms with van der Waals surface area (Å²) in [5.74, 6) is 0.920. The van der Waals surface area contributed by atoms with Crippen LogP contribution in [0.15, 0.2) is 72.8 Å². The number of fused-ring (bicyclic) bond motifs is 8. The molecule has 0 aromatic heterocycles. The summed E-state index contributed by atoms with van der Waals surface area (Å²) < 4.78 is 42.7. The Labute approximate surface area is 349 Å².